The molecule has 0 unspecified atom stereocenters. The number of hydrazone groups is 1. The SMILES string of the molecule is CC(C)(C)OC(=O)N1N=CC[C@@]1(O)C(F)(F)F. The molecule has 0 radical (unpaired) electrons. The maximum atomic E-state index is 12.6. The predicted molar refractivity (Wildman–Crippen MR) is 52.2 cm³/mol. The first-order valence-corrected chi connectivity index (χ1v) is 4.82. The number of alkyl halides is 3. The van der Waals surface area contributed by atoms with E-state index in [9.17, 15) is 23.1 Å². The maximum absolute atomic E-state index is 12.6. The molecular weight excluding hydrogens is 241 g/mol. The van der Waals surface area contributed by atoms with Crippen LogP contribution < -0.4 is 0 Å². The van der Waals surface area contributed by atoms with Gasteiger partial charge in [0.2, 0.25) is 0 Å². The van der Waals surface area contributed by atoms with Crippen LogP contribution in [0.1, 0.15) is 27.2 Å². The molecule has 8 heteroatoms. The Morgan fingerprint density at radius 1 is 1.47 bits per heavy atom. The van der Waals surface area contributed by atoms with E-state index in [2.05, 4.69) is 5.10 Å². The largest absolute Gasteiger partial charge is 0.442 e. The molecular formula is C9H13F3N2O3. The summed E-state index contributed by atoms with van der Waals surface area (Å²) in [5.74, 6) is 0. The Labute approximate surface area is 95.8 Å². The van der Waals surface area contributed by atoms with E-state index < -0.39 is 30.0 Å². The molecule has 17 heavy (non-hydrogen) atoms. The van der Waals surface area contributed by atoms with Crippen LogP contribution in [0.25, 0.3) is 0 Å². The average Bonchev–Trinajstić information content (AvgIpc) is 2.43. The first-order chi connectivity index (χ1) is 7.47. The number of carbonyl (C=O) groups excluding carboxylic acids is 1. The van der Waals surface area contributed by atoms with Crippen molar-refractivity contribution in [3.05, 3.63) is 0 Å². The van der Waals surface area contributed by atoms with E-state index in [1.54, 1.807) is 0 Å². The average molecular weight is 254 g/mol. The van der Waals surface area contributed by atoms with Gasteiger partial charge in [0.05, 0.1) is 0 Å². The van der Waals surface area contributed by atoms with Crippen LogP contribution in [0.2, 0.25) is 0 Å². The van der Waals surface area contributed by atoms with Crippen LogP contribution >= 0.6 is 0 Å². The number of hydrogen-bond acceptors (Lipinski definition) is 4. The highest BCUT2D eigenvalue weighted by molar-refractivity contribution is 5.74. The van der Waals surface area contributed by atoms with Gasteiger partial charge in [-0.1, -0.05) is 0 Å². The van der Waals surface area contributed by atoms with E-state index in [-0.39, 0.29) is 5.01 Å². The summed E-state index contributed by atoms with van der Waals surface area (Å²) in [5.41, 5.74) is -4.29. The van der Waals surface area contributed by atoms with Crippen molar-refractivity contribution >= 4 is 12.3 Å². The van der Waals surface area contributed by atoms with Crippen LogP contribution in [0.4, 0.5) is 18.0 Å². The molecule has 5 nitrogen and oxygen atoms in total. The van der Waals surface area contributed by atoms with Gasteiger partial charge in [-0.15, -0.1) is 0 Å². The number of carbonyl (C=O) groups is 1. The number of ether oxygens (including phenoxy) is 1. The minimum Gasteiger partial charge on any atom is -0.442 e. The third-order valence-corrected chi connectivity index (χ3v) is 1.94. The highest BCUT2D eigenvalue weighted by Gasteiger charge is 2.62. The van der Waals surface area contributed by atoms with Gasteiger partial charge in [0.25, 0.3) is 5.72 Å². The molecule has 1 aliphatic heterocycles. The third-order valence-electron chi connectivity index (χ3n) is 1.94. The summed E-state index contributed by atoms with van der Waals surface area (Å²) < 4.78 is 42.6. The lowest BCUT2D eigenvalue weighted by molar-refractivity contribution is -0.300. The molecule has 0 saturated heterocycles. The van der Waals surface area contributed by atoms with E-state index in [1.807, 2.05) is 0 Å². The Bertz CT molecular complexity index is 348. The monoisotopic (exact) mass is 254 g/mol. The van der Waals surface area contributed by atoms with E-state index in [1.165, 1.54) is 20.8 Å². The van der Waals surface area contributed by atoms with Crippen molar-refractivity contribution in [1.82, 2.24) is 5.01 Å². The molecule has 0 saturated carbocycles. The molecule has 98 valence electrons. The summed E-state index contributed by atoms with van der Waals surface area (Å²) in [7, 11) is 0. The topological polar surface area (TPSA) is 62.1 Å². The van der Waals surface area contributed by atoms with E-state index in [4.69, 9.17) is 4.74 Å². The van der Waals surface area contributed by atoms with Gasteiger partial charge in [-0.25, -0.2) is 4.79 Å². The second-order valence-electron chi connectivity index (χ2n) is 4.61. The van der Waals surface area contributed by atoms with Crippen molar-refractivity contribution in [3.8, 4) is 0 Å². The predicted octanol–water partition coefficient (Wildman–Crippen LogP) is 1.86. The van der Waals surface area contributed by atoms with Crippen LogP contribution in [-0.4, -0.2) is 39.9 Å². The van der Waals surface area contributed by atoms with Crippen molar-refractivity contribution in [2.75, 3.05) is 0 Å². The highest BCUT2D eigenvalue weighted by Crippen LogP contribution is 2.39. The van der Waals surface area contributed by atoms with Crippen molar-refractivity contribution < 1.29 is 27.8 Å². The van der Waals surface area contributed by atoms with Gasteiger partial charge in [0.1, 0.15) is 5.60 Å². The van der Waals surface area contributed by atoms with E-state index in [0.717, 1.165) is 6.21 Å². The zero-order valence-corrected chi connectivity index (χ0v) is 9.58. The smallest absolute Gasteiger partial charge is 0.439 e. The van der Waals surface area contributed by atoms with Gasteiger partial charge in [-0.2, -0.15) is 23.3 Å². The fourth-order valence-electron chi connectivity index (χ4n) is 1.17. The van der Waals surface area contributed by atoms with Gasteiger partial charge in [0, 0.05) is 12.6 Å². The fraction of sp³-hybridized carbons (Fsp3) is 0.778. The Balaban J connectivity index is 2.90. The molecule has 1 atom stereocenters. The van der Waals surface area contributed by atoms with Crippen LogP contribution in [0, 0.1) is 0 Å². The molecule has 1 aliphatic rings. The zero-order valence-electron chi connectivity index (χ0n) is 9.58. The zero-order chi connectivity index (χ0) is 13.5. The second kappa shape index (κ2) is 3.86. The Hall–Kier alpha value is -1.31. The molecule has 0 aliphatic carbocycles. The number of halogens is 3. The van der Waals surface area contributed by atoms with Crippen LogP contribution in [0.15, 0.2) is 5.10 Å². The first-order valence-electron chi connectivity index (χ1n) is 4.82. The van der Waals surface area contributed by atoms with Crippen molar-refractivity contribution in [2.24, 2.45) is 5.10 Å². The summed E-state index contributed by atoms with van der Waals surface area (Å²) in [6.45, 7) is 4.49. The van der Waals surface area contributed by atoms with Crippen LogP contribution in [0.3, 0.4) is 0 Å². The molecule has 1 heterocycles. The van der Waals surface area contributed by atoms with Gasteiger partial charge in [0.15, 0.2) is 0 Å². The molecule has 0 spiro atoms. The Kier molecular flexibility index (Phi) is 3.13. The third kappa shape index (κ3) is 2.68. The van der Waals surface area contributed by atoms with Crippen molar-refractivity contribution in [3.63, 3.8) is 0 Å². The number of rotatable bonds is 0. The molecule has 0 aromatic carbocycles. The molecule has 0 bridgehead atoms. The minimum atomic E-state index is -5.00. The maximum Gasteiger partial charge on any atom is 0.439 e. The minimum absolute atomic E-state index is 0.0851. The first kappa shape index (κ1) is 13.8. The Morgan fingerprint density at radius 2 is 2.00 bits per heavy atom. The summed E-state index contributed by atoms with van der Waals surface area (Å²) in [5, 5.41) is 12.5. The van der Waals surface area contributed by atoms with Gasteiger partial charge >= 0.3 is 12.3 Å². The molecule has 1 amide bonds. The summed E-state index contributed by atoms with van der Waals surface area (Å²) in [6, 6.07) is 0. The normalized spacial score (nSPS) is 25.2. The summed E-state index contributed by atoms with van der Waals surface area (Å²) >= 11 is 0. The standard InChI is InChI=1S/C9H13F3N2O3/c1-7(2,3)17-6(15)14-8(16,4-5-13-14)9(10,11)12/h5,16H,4H2,1-3H3/t8-/m1/s1. The van der Waals surface area contributed by atoms with Crippen LogP contribution in [-0.2, 0) is 4.74 Å². The second-order valence-corrected chi connectivity index (χ2v) is 4.61. The fourth-order valence-corrected chi connectivity index (χ4v) is 1.17. The van der Waals surface area contributed by atoms with E-state index >= 15 is 0 Å². The van der Waals surface area contributed by atoms with E-state index in [0.29, 0.717) is 0 Å². The number of aliphatic hydroxyl groups is 1. The molecule has 1 N–H and O–H groups in total. The lowest BCUT2D eigenvalue weighted by atomic mass is 10.1. The molecule has 0 aromatic rings. The van der Waals surface area contributed by atoms with Gasteiger partial charge in [-0.3, -0.25) is 0 Å². The number of hydrogen-bond donors (Lipinski definition) is 1. The Morgan fingerprint density at radius 3 is 2.41 bits per heavy atom. The van der Waals surface area contributed by atoms with Gasteiger partial charge < -0.3 is 9.84 Å². The highest BCUT2D eigenvalue weighted by atomic mass is 19.4. The van der Waals surface area contributed by atoms with Crippen molar-refractivity contribution in [1.29, 1.82) is 0 Å². The number of amides is 1. The van der Waals surface area contributed by atoms with Crippen molar-refractivity contribution in [2.45, 2.75) is 44.7 Å². The molecule has 0 fully saturated rings. The number of nitrogens with zero attached hydrogens (tertiary/aromatic N) is 2. The molecule has 1 rings (SSSR count). The summed E-state index contributed by atoms with van der Waals surface area (Å²) in [4.78, 5) is 11.5. The summed E-state index contributed by atoms with van der Waals surface area (Å²) in [6.07, 6.45) is -6.33. The van der Waals surface area contributed by atoms with Crippen LogP contribution in [0.5, 0.6) is 0 Å². The lowest BCUT2D eigenvalue weighted by Gasteiger charge is -2.33. The van der Waals surface area contributed by atoms with Gasteiger partial charge in [-0.05, 0) is 20.8 Å². The lowest BCUT2D eigenvalue weighted by Crippen LogP contribution is -2.57. The molecule has 0 aromatic heterocycles. The quantitative estimate of drug-likeness (QED) is 0.717.